The fourth-order valence-electron chi connectivity index (χ4n) is 1.78. The Balaban J connectivity index is 1.96. The summed E-state index contributed by atoms with van der Waals surface area (Å²) in [6, 6.07) is 13.9. The standard InChI is InChI=1S/C17H21BrN2O/c1-17(2,3)19-11-13-7-6-8-14(20-13)12-21-16-10-5-4-9-15(16)18/h4-10,19H,11-12H2,1-3H3. The van der Waals surface area contributed by atoms with Crippen molar-refractivity contribution >= 4 is 15.9 Å². The van der Waals surface area contributed by atoms with E-state index in [-0.39, 0.29) is 5.54 Å². The van der Waals surface area contributed by atoms with Crippen LogP contribution < -0.4 is 10.1 Å². The van der Waals surface area contributed by atoms with E-state index in [1.807, 2.05) is 42.5 Å². The molecule has 0 radical (unpaired) electrons. The predicted molar refractivity (Wildman–Crippen MR) is 89.3 cm³/mol. The van der Waals surface area contributed by atoms with E-state index in [9.17, 15) is 0 Å². The van der Waals surface area contributed by atoms with Crippen LogP contribution in [0.1, 0.15) is 32.2 Å². The number of ether oxygens (including phenoxy) is 1. The van der Waals surface area contributed by atoms with Crippen LogP contribution >= 0.6 is 15.9 Å². The van der Waals surface area contributed by atoms with Crippen molar-refractivity contribution in [3.63, 3.8) is 0 Å². The molecule has 3 nitrogen and oxygen atoms in total. The Labute approximate surface area is 134 Å². The van der Waals surface area contributed by atoms with Gasteiger partial charge in [-0.2, -0.15) is 0 Å². The third kappa shape index (κ3) is 5.48. The lowest BCUT2D eigenvalue weighted by Crippen LogP contribution is -2.35. The highest BCUT2D eigenvalue weighted by Crippen LogP contribution is 2.24. The molecule has 4 heteroatoms. The summed E-state index contributed by atoms with van der Waals surface area (Å²) < 4.78 is 6.75. The number of rotatable bonds is 5. The Morgan fingerprint density at radius 3 is 2.48 bits per heavy atom. The molecule has 1 heterocycles. The number of aromatic nitrogens is 1. The Morgan fingerprint density at radius 2 is 1.76 bits per heavy atom. The van der Waals surface area contributed by atoms with E-state index in [1.54, 1.807) is 0 Å². The molecule has 0 aliphatic heterocycles. The van der Waals surface area contributed by atoms with E-state index >= 15 is 0 Å². The molecule has 0 saturated heterocycles. The van der Waals surface area contributed by atoms with Gasteiger partial charge in [0.05, 0.1) is 15.9 Å². The summed E-state index contributed by atoms with van der Waals surface area (Å²) in [6.45, 7) is 7.66. The smallest absolute Gasteiger partial charge is 0.134 e. The van der Waals surface area contributed by atoms with Crippen LogP contribution in [0.5, 0.6) is 5.75 Å². The highest BCUT2D eigenvalue weighted by atomic mass is 79.9. The molecule has 0 spiro atoms. The molecule has 0 aliphatic rings. The fourth-order valence-corrected chi connectivity index (χ4v) is 2.18. The van der Waals surface area contributed by atoms with Crippen molar-refractivity contribution in [1.29, 1.82) is 0 Å². The summed E-state index contributed by atoms with van der Waals surface area (Å²) in [4.78, 5) is 4.62. The maximum Gasteiger partial charge on any atom is 0.134 e. The highest BCUT2D eigenvalue weighted by Gasteiger charge is 2.09. The molecular formula is C17H21BrN2O. The van der Waals surface area contributed by atoms with Crippen LogP contribution in [0, 0.1) is 0 Å². The van der Waals surface area contributed by atoms with E-state index in [0.29, 0.717) is 6.61 Å². The first-order valence-corrected chi connectivity index (χ1v) is 7.80. The van der Waals surface area contributed by atoms with Gasteiger partial charge in [-0.3, -0.25) is 4.98 Å². The number of pyridine rings is 1. The predicted octanol–water partition coefficient (Wildman–Crippen LogP) is 4.31. The molecule has 1 aromatic heterocycles. The molecule has 0 bridgehead atoms. The Hall–Kier alpha value is -1.39. The van der Waals surface area contributed by atoms with Crippen LogP contribution in [0.2, 0.25) is 0 Å². The second kappa shape index (κ2) is 7.05. The third-order valence-corrected chi connectivity index (χ3v) is 3.53. The van der Waals surface area contributed by atoms with Gasteiger partial charge in [0.1, 0.15) is 12.4 Å². The number of halogens is 1. The summed E-state index contributed by atoms with van der Waals surface area (Å²) in [5, 5.41) is 3.44. The molecular weight excluding hydrogens is 328 g/mol. The number of hydrogen-bond acceptors (Lipinski definition) is 3. The van der Waals surface area contributed by atoms with Crippen LogP contribution in [-0.2, 0) is 13.2 Å². The van der Waals surface area contributed by atoms with Gasteiger partial charge in [0.2, 0.25) is 0 Å². The molecule has 21 heavy (non-hydrogen) atoms. The molecule has 1 aromatic carbocycles. The number of nitrogens with one attached hydrogen (secondary N) is 1. The van der Waals surface area contributed by atoms with Gasteiger partial charge in [0.15, 0.2) is 0 Å². The van der Waals surface area contributed by atoms with Crippen LogP contribution in [-0.4, -0.2) is 10.5 Å². The average molecular weight is 349 g/mol. The monoisotopic (exact) mass is 348 g/mol. The second-order valence-corrected chi connectivity index (χ2v) is 6.80. The lowest BCUT2D eigenvalue weighted by atomic mass is 10.1. The molecule has 112 valence electrons. The van der Waals surface area contributed by atoms with Crippen molar-refractivity contribution in [1.82, 2.24) is 10.3 Å². The first-order chi connectivity index (χ1) is 9.94. The normalized spacial score (nSPS) is 11.4. The van der Waals surface area contributed by atoms with Gasteiger partial charge < -0.3 is 10.1 Å². The van der Waals surface area contributed by atoms with Gasteiger partial charge in [-0.1, -0.05) is 18.2 Å². The molecule has 0 saturated carbocycles. The summed E-state index contributed by atoms with van der Waals surface area (Å²) in [6.07, 6.45) is 0. The SMILES string of the molecule is CC(C)(C)NCc1cccc(COc2ccccc2Br)n1. The summed E-state index contributed by atoms with van der Waals surface area (Å²) in [5.74, 6) is 0.831. The van der Waals surface area contributed by atoms with E-state index in [4.69, 9.17) is 4.74 Å². The number of hydrogen-bond donors (Lipinski definition) is 1. The van der Waals surface area contributed by atoms with Crippen LogP contribution in [0.25, 0.3) is 0 Å². The van der Waals surface area contributed by atoms with Gasteiger partial charge in [-0.05, 0) is 61.0 Å². The second-order valence-electron chi connectivity index (χ2n) is 5.94. The molecule has 1 N–H and O–H groups in total. The molecule has 0 aliphatic carbocycles. The molecule has 0 atom stereocenters. The van der Waals surface area contributed by atoms with E-state index < -0.39 is 0 Å². The Morgan fingerprint density at radius 1 is 1.05 bits per heavy atom. The van der Waals surface area contributed by atoms with Crippen molar-refractivity contribution in [2.24, 2.45) is 0 Å². The average Bonchev–Trinajstić information content (AvgIpc) is 2.44. The van der Waals surface area contributed by atoms with E-state index in [2.05, 4.69) is 47.0 Å². The first kappa shape index (κ1) is 16.0. The minimum atomic E-state index is 0.0864. The highest BCUT2D eigenvalue weighted by molar-refractivity contribution is 9.10. The quantitative estimate of drug-likeness (QED) is 0.873. The van der Waals surface area contributed by atoms with E-state index in [1.165, 1.54) is 0 Å². The van der Waals surface area contributed by atoms with Crippen molar-refractivity contribution in [2.45, 2.75) is 39.5 Å². The number of para-hydroxylation sites is 1. The van der Waals surface area contributed by atoms with E-state index in [0.717, 1.165) is 28.2 Å². The first-order valence-electron chi connectivity index (χ1n) is 7.01. The van der Waals surface area contributed by atoms with Gasteiger partial charge in [-0.15, -0.1) is 0 Å². The van der Waals surface area contributed by atoms with Crippen molar-refractivity contribution < 1.29 is 4.74 Å². The van der Waals surface area contributed by atoms with Gasteiger partial charge in [0, 0.05) is 12.1 Å². The van der Waals surface area contributed by atoms with Crippen molar-refractivity contribution in [2.75, 3.05) is 0 Å². The number of benzene rings is 1. The fraction of sp³-hybridized carbons (Fsp3) is 0.353. The molecule has 0 fully saturated rings. The Kier molecular flexibility index (Phi) is 5.37. The number of nitrogens with zero attached hydrogens (tertiary/aromatic N) is 1. The molecule has 0 unspecified atom stereocenters. The van der Waals surface area contributed by atoms with Crippen LogP contribution in [0.15, 0.2) is 46.9 Å². The molecule has 2 aromatic rings. The zero-order chi connectivity index (χ0) is 15.3. The third-order valence-electron chi connectivity index (χ3n) is 2.88. The summed E-state index contributed by atoms with van der Waals surface area (Å²) in [5.41, 5.74) is 2.04. The van der Waals surface area contributed by atoms with Crippen molar-refractivity contribution in [3.05, 3.63) is 58.3 Å². The van der Waals surface area contributed by atoms with Gasteiger partial charge in [-0.25, -0.2) is 0 Å². The zero-order valence-corrected chi connectivity index (χ0v) is 14.3. The topological polar surface area (TPSA) is 34.1 Å². The summed E-state index contributed by atoms with van der Waals surface area (Å²) in [7, 11) is 0. The van der Waals surface area contributed by atoms with Gasteiger partial charge >= 0.3 is 0 Å². The minimum absolute atomic E-state index is 0.0864. The Bertz CT molecular complexity index is 593. The lowest BCUT2D eigenvalue weighted by molar-refractivity contribution is 0.298. The maximum atomic E-state index is 5.79. The molecule has 2 rings (SSSR count). The largest absolute Gasteiger partial charge is 0.486 e. The summed E-state index contributed by atoms with van der Waals surface area (Å²) >= 11 is 3.48. The maximum absolute atomic E-state index is 5.79. The van der Waals surface area contributed by atoms with Gasteiger partial charge in [0.25, 0.3) is 0 Å². The lowest BCUT2D eigenvalue weighted by Gasteiger charge is -2.20. The van der Waals surface area contributed by atoms with Crippen LogP contribution in [0.4, 0.5) is 0 Å². The molecule has 0 amide bonds. The minimum Gasteiger partial charge on any atom is -0.486 e. The zero-order valence-electron chi connectivity index (χ0n) is 12.7. The van der Waals surface area contributed by atoms with Crippen LogP contribution in [0.3, 0.4) is 0 Å². The van der Waals surface area contributed by atoms with Crippen molar-refractivity contribution in [3.8, 4) is 5.75 Å².